The average Bonchev–Trinajstić information content (AvgIpc) is 3.15. The summed E-state index contributed by atoms with van der Waals surface area (Å²) in [6.45, 7) is -0.388. The summed E-state index contributed by atoms with van der Waals surface area (Å²) in [6, 6.07) is 5.91. The van der Waals surface area contributed by atoms with Crippen LogP contribution in [0.4, 0.5) is 23.2 Å². The van der Waals surface area contributed by atoms with Crippen LogP contribution in [0.1, 0.15) is 18.5 Å². The standard InChI is InChI=1S/C19H20F4N6O2S/c1-32(30,31)26-9-12-11-28(7-5-19(12,22)23)13-4-6-24-15(8-13)16-10-25-17-3-2-14(18(20)21)27-29(16)17/h2-4,6,8,10,12,18,26H,5,7,9,11H2,1H3. The number of imidazole rings is 1. The smallest absolute Gasteiger partial charge is 0.282 e. The lowest BCUT2D eigenvalue weighted by Gasteiger charge is -2.39. The van der Waals surface area contributed by atoms with Gasteiger partial charge in [-0.05, 0) is 24.3 Å². The van der Waals surface area contributed by atoms with E-state index >= 15 is 0 Å². The van der Waals surface area contributed by atoms with Crippen LogP contribution in [-0.2, 0) is 10.0 Å². The zero-order valence-corrected chi connectivity index (χ0v) is 17.7. The minimum absolute atomic E-state index is 0.0623. The maximum absolute atomic E-state index is 14.4. The minimum Gasteiger partial charge on any atom is -0.371 e. The summed E-state index contributed by atoms with van der Waals surface area (Å²) < 4.78 is 80.9. The number of piperidine rings is 1. The van der Waals surface area contributed by atoms with E-state index in [1.807, 2.05) is 0 Å². The summed E-state index contributed by atoms with van der Waals surface area (Å²) in [5.74, 6) is -4.23. The van der Waals surface area contributed by atoms with Gasteiger partial charge in [0.05, 0.1) is 24.1 Å². The van der Waals surface area contributed by atoms with E-state index in [0.29, 0.717) is 22.7 Å². The summed E-state index contributed by atoms with van der Waals surface area (Å²) in [5.41, 5.74) is 1.31. The number of alkyl halides is 4. The van der Waals surface area contributed by atoms with Gasteiger partial charge in [0.25, 0.3) is 12.3 Å². The first kappa shape index (κ1) is 22.4. The van der Waals surface area contributed by atoms with Crippen molar-refractivity contribution in [1.82, 2.24) is 24.3 Å². The van der Waals surface area contributed by atoms with Crippen molar-refractivity contribution >= 4 is 21.4 Å². The number of halogens is 4. The van der Waals surface area contributed by atoms with Crippen LogP contribution < -0.4 is 9.62 Å². The van der Waals surface area contributed by atoms with Gasteiger partial charge in [-0.3, -0.25) is 4.98 Å². The zero-order chi connectivity index (χ0) is 23.1. The lowest BCUT2D eigenvalue weighted by molar-refractivity contribution is -0.0694. The molecule has 8 nitrogen and oxygen atoms in total. The number of hydrogen-bond donors (Lipinski definition) is 1. The third kappa shape index (κ3) is 4.67. The monoisotopic (exact) mass is 472 g/mol. The molecule has 3 aromatic heterocycles. The highest BCUT2D eigenvalue weighted by Gasteiger charge is 2.44. The van der Waals surface area contributed by atoms with E-state index in [4.69, 9.17) is 0 Å². The lowest BCUT2D eigenvalue weighted by atomic mass is 9.93. The summed E-state index contributed by atoms with van der Waals surface area (Å²) >= 11 is 0. The Morgan fingerprint density at radius 3 is 2.75 bits per heavy atom. The molecule has 0 spiro atoms. The maximum atomic E-state index is 14.4. The molecule has 0 radical (unpaired) electrons. The Morgan fingerprint density at radius 2 is 2.03 bits per heavy atom. The van der Waals surface area contributed by atoms with Gasteiger partial charge in [-0.1, -0.05) is 0 Å². The van der Waals surface area contributed by atoms with Crippen LogP contribution in [0.3, 0.4) is 0 Å². The first-order valence-electron chi connectivity index (χ1n) is 9.70. The van der Waals surface area contributed by atoms with E-state index in [9.17, 15) is 26.0 Å². The molecule has 1 N–H and O–H groups in total. The molecule has 0 bridgehead atoms. The molecule has 1 atom stereocenters. The highest BCUT2D eigenvalue weighted by atomic mass is 32.2. The SMILES string of the molecule is CS(=O)(=O)NCC1CN(c2ccnc(-c3cnc4ccc(C(F)F)nn34)c2)CCC1(F)F. The summed E-state index contributed by atoms with van der Waals surface area (Å²) in [6.07, 6.45) is 0.672. The largest absolute Gasteiger partial charge is 0.371 e. The van der Waals surface area contributed by atoms with E-state index in [-0.39, 0.29) is 19.6 Å². The topological polar surface area (TPSA) is 92.5 Å². The molecule has 3 aromatic rings. The van der Waals surface area contributed by atoms with Crippen LogP contribution in [-0.4, -0.2) is 59.8 Å². The van der Waals surface area contributed by atoms with Crippen molar-refractivity contribution in [3.8, 4) is 11.4 Å². The van der Waals surface area contributed by atoms with Gasteiger partial charge in [-0.25, -0.2) is 40.2 Å². The number of pyridine rings is 1. The molecule has 0 aromatic carbocycles. The molecule has 13 heteroatoms. The van der Waals surface area contributed by atoms with Gasteiger partial charge >= 0.3 is 0 Å². The Kier molecular flexibility index (Phi) is 5.79. The van der Waals surface area contributed by atoms with Crippen molar-refractivity contribution in [3.05, 3.63) is 42.4 Å². The molecule has 4 rings (SSSR count). The highest BCUT2D eigenvalue weighted by molar-refractivity contribution is 7.88. The Bertz CT molecular complexity index is 1230. The van der Waals surface area contributed by atoms with Crippen LogP contribution in [0.25, 0.3) is 17.0 Å². The van der Waals surface area contributed by atoms with E-state index in [1.54, 1.807) is 17.0 Å². The van der Waals surface area contributed by atoms with Crippen LogP contribution in [0, 0.1) is 5.92 Å². The fraction of sp³-hybridized carbons (Fsp3) is 0.421. The number of aromatic nitrogens is 4. The molecule has 1 fully saturated rings. The third-order valence-corrected chi connectivity index (χ3v) is 6.01. The number of anilines is 1. The van der Waals surface area contributed by atoms with E-state index in [0.717, 1.165) is 6.26 Å². The van der Waals surface area contributed by atoms with Crippen molar-refractivity contribution in [1.29, 1.82) is 0 Å². The number of nitrogens with zero attached hydrogens (tertiary/aromatic N) is 5. The van der Waals surface area contributed by atoms with Gasteiger partial charge in [0.2, 0.25) is 10.0 Å². The van der Waals surface area contributed by atoms with Crippen molar-refractivity contribution in [2.24, 2.45) is 5.92 Å². The fourth-order valence-corrected chi connectivity index (χ4v) is 4.12. The second-order valence-corrected chi connectivity index (χ2v) is 9.48. The van der Waals surface area contributed by atoms with Gasteiger partial charge in [0, 0.05) is 37.9 Å². The normalized spacial score (nSPS) is 19.1. The van der Waals surface area contributed by atoms with Gasteiger partial charge in [-0.15, -0.1) is 0 Å². The van der Waals surface area contributed by atoms with Crippen molar-refractivity contribution < 1.29 is 26.0 Å². The van der Waals surface area contributed by atoms with Crippen LogP contribution in [0.2, 0.25) is 0 Å². The number of hydrogen-bond acceptors (Lipinski definition) is 6. The summed E-state index contributed by atoms with van der Waals surface area (Å²) in [4.78, 5) is 10.1. The molecular formula is C19H20F4N6O2S. The number of nitrogens with one attached hydrogen (secondary N) is 1. The second-order valence-electron chi connectivity index (χ2n) is 7.65. The molecule has 32 heavy (non-hydrogen) atoms. The molecule has 1 aliphatic heterocycles. The average molecular weight is 472 g/mol. The summed E-state index contributed by atoms with van der Waals surface area (Å²) in [5, 5.41) is 3.92. The summed E-state index contributed by atoms with van der Waals surface area (Å²) in [7, 11) is -3.60. The van der Waals surface area contributed by atoms with Crippen molar-refractivity contribution in [3.63, 3.8) is 0 Å². The molecule has 1 aliphatic rings. The van der Waals surface area contributed by atoms with Crippen molar-refractivity contribution in [2.75, 3.05) is 30.8 Å². The van der Waals surface area contributed by atoms with E-state index in [1.165, 1.54) is 29.0 Å². The molecule has 4 heterocycles. The number of fused-ring (bicyclic) bond motifs is 1. The van der Waals surface area contributed by atoms with Crippen LogP contribution >= 0.6 is 0 Å². The van der Waals surface area contributed by atoms with Gasteiger partial charge in [0.15, 0.2) is 5.65 Å². The first-order chi connectivity index (χ1) is 15.0. The maximum Gasteiger partial charge on any atom is 0.282 e. The third-order valence-electron chi connectivity index (χ3n) is 5.32. The Morgan fingerprint density at radius 1 is 1.25 bits per heavy atom. The second kappa shape index (κ2) is 8.28. The molecular weight excluding hydrogens is 452 g/mol. The molecule has 1 saturated heterocycles. The fourth-order valence-electron chi connectivity index (χ4n) is 3.61. The predicted octanol–water partition coefficient (Wildman–Crippen LogP) is 2.74. The highest BCUT2D eigenvalue weighted by Crippen LogP contribution is 2.36. The molecule has 172 valence electrons. The zero-order valence-electron chi connectivity index (χ0n) is 16.9. The van der Waals surface area contributed by atoms with Gasteiger partial charge in [0.1, 0.15) is 11.4 Å². The predicted molar refractivity (Wildman–Crippen MR) is 109 cm³/mol. The Balaban J connectivity index is 1.62. The lowest BCUT2D eigenvalue weighted by Crippen LogP contribution is -2.51. The Labute approximate surface area is 181 Å². The van der Waals surface area contributed by atoms with Crippen LogP contribution in [0.15, 0.2) is 36.7 Å². The number of rotatable bonds is 6. The van der Waals surface area contributed by atoms with Crippen LogP contribution in [0.5, 0.6) is 0 Å². The van der Waals surface area contributed by atoms with Gasteiger partial charge in [-0.2, -0.15) is 5.10 Å². The van der Waals surface area contributed by atoms with E-state index < -0.39 is 40.4 Å². The first-order valence-corrected chi connectivity index (χ1v) is 11.6. The number of sulfonamides is 1. The molecule has 0 saturated carbocycles. The van der Waals surface area contributed by atoms with E-state index in [2.05, 4.69) is 19.8 Å². The quantitative estimate of drug-likeness (QED) is 0.555. The Hall–Kier alpha value is -2.80. The minimum atomic E-state index is -3.60. The molecule has 0 amide bonds. The van der Waals surface area contributed by atoms with Gasteiger partial charge < -0.3 is 4.90 Å². The molecule has 1 unspecified atom stereocenters. The molecule has 0 aliphatic carbocycles. The van der Waals surface area contributed by atoms with Crippen molar-refractivity contribution in [2.45, 2.75) is 18.8 Å².